The van der Waals surface area contributed by atoms with Gasteiger partial charge < -0.3 is 14.6 Å². The van der Waals surface area contributed by atoms with Gasteiger partial charge >= 0.3 is 0 Å². The molecule has 1 aliphatic heterocycles. The number of nitrogens with zero attached hydrogens (tertiary/aromatic N) is 2. The average Bonchev–Trinajstić information content (AvgIpc) is 2.76. The molecule has 1 saturated heterocycles. The minimum Gasteiger partial charge on any atom is -0.385 e. The average molecular weight is 433 g/mol. The van der Waals surface area contributed by atoms with Crippen molar-refractivity contribution >= 4 is 17.9 Å². The van der Waals surface area contributed by atoms with Crippen LogP contribution in [0.4, 0.5) is 0 Å². The number of pyridine rings is 1. The van der Waals surface area contributed by atoms with Gasteiger partial charge in [0.05, 0.1) is 16.3 Å². The van der Waals surface area contributed by atoms with E-state index in [9.17, 15) is 9.90 Å². The van der Waals surface area contributed by atoms with Crippen LogP contribution in [0.3, 0.4) is 0 Å². The van der Waals surface area contributed by atoms with Gasteiger partial charge in [-0.2, -0.15) is 0 Å². The molecule has 162 valence electrons. The molecule has 1 N–H and O–H groups in total. The van der Waals surface area contributed by atoms with Crippen molar-refractivity contribution in [2.75, 3.05) is 27.4 Å². The molecule has 0 aliphatic carbocycles. The van der Waals surface area contributed by atoms with E-state index in [1.165, 1.54) is 0 Å². The number of rotatable bonds is 8. The predicted molar refractivity (Wildman–Crippen MR) is 115 cm³/mol. The van der Waals surface area contributed by atoms with Crippen LogP contribution < -0.4 is 0 Å². The zero-order valence-electron chi connectivity index (χ0n) is 17.7. The second-order valence-electron chi connectivity index (χ2n) is 7.97. The molecule has 1 aromatic heterocycles. The van der Waals surface area contributed by atoms with Crippen LogP contribution in [0.5, 0.6) is 0 Å². The lowest BCUT2D eigenvalue weighted by Crippen LogP contribution is -2.36. The summed E-state index contributed by atoms with van der Waals surface area (Å²) in [7, 11) is 3.52. The fourth-order valence-electron chi connectivity index (χ4n) is 4.09. The Bertz CT molecular complexity index is 851. The van der Waals surface area contributed by atoms with E-state index in [2.05, 4.69) is 4.98 Å². The number of carbonyl (C=O) groups is 1. The highest BCUT2D eigenvalue weighted by Crippen LogP contribution is 2.37. The fraction of sp³-hybridized carbons (Fsp3) is 0.478. The first-order valence-electron chi connectivity index (χ1n) is 10.1. The Morgan fingerprint density at radius 2 is 2.10 bits per heavy atom. The molecule has 0 spiro atoms. The number of methoxy groups -OCH3 is 1. The molecule has 6 nitrogen and oxygen atoms in total. The van der Waals surface area contributed by atoms with Gasteiger partial charge in [0.15, 0.2) is 0 Å². The third-order valence-electron chi connectivity index (χ3n) is 5.90. The van der Waals surface area contributed by atoms with Gasteiger partial charge in [0.1, 0.15) is 12.5 Å². The first-order chi connectivity index (χ1) is 14.4. The topological polar surface area (TPSA) is 71.9 Å². The number of carbonyl (C=O) groups excluding carboxylic acids is 1. The summed E-state index contributed by atoms with van der Waals surface area (Å²) in [4.78, 5) is 18.2. The lowest BCUT2D eigenvalue weighted by atomic mass is 9.78. The summed E-state index contributed by atoms with van der Waals surface area (Å²) >= 11 is 5.91. The number of aldehydes is 1. The van der Waals surface area contributed by atoms with Crippen LogP contribution in [0.25, 0.3) is 0 Å². The minimum atomic E-state index is -1.03. The van der Waals surface area contributed by atoms with Crippen LogP contribution in [-0.4, -0.2) is 48.6 Å². The highest BCUT2D eigenvalue weighted by atomic mass is 35.5. The fourth-order valence-corrected chi connectivity index (χ4v) is 4.21. The Morgan fingerprint density at radius 1 is 1.37 bits per heavy atom. The largest absolute Gasteiger partial charge is 0.385 e. The zero-order chi connectivity index (χ0) is 21.7. The second kappa shape index (κ2) is 9.98. The summed E-state index contributed by atoms with van der Waals surface area (Å²) in [5.41, 5.74) is 1.80. The van der Waals surface area contributed by atoms with Crippen LogP contribution in [0, 0.1) is 5.92 Å². The molecule has 2 aromatic rings. The Balaban J connectivity index is 1.84. The maximum Gasteiger partial charge on any atom is 0.150 e. The van der Waals surface area contributed by atoms with Crippen molar-refractivity contribution in [3.63, 3.8) is 0 Å². The van der Waals surface area contributed by atoms with E-state index in [-0.39, 0.29) is 5.92 Å². The third kappa shape index (κ3) is 5.07. The summed E-state index contributed by atoms with van der Waals surface area (Å²) in [6, 6.07) is 9.19. The molecule has 0 radical (unpaired) electrons. The van der Waals surface area contributed by atoms with Crippen LogP contribution in [0.1, 0.15) is 53.2 Å². The van der Waals surface area contributed by atoms with E-state index in [0.29, 0.717) is 30.3 Å². The van der Waals surface area contributed by atoms with Gasteiger partial charge in [-0.1, -0.05) is 23.7 Å². The van der Waals surface area contributed by atoms with Gasteiger partial charge in [0.2, 0.25) is 0 Å². The molecule has 7 heteroatoms. The number of benzene rings is 1. The number of hydrogen-bond donors (Lipinski definition) is 1. The molecule has 2 heterocycles. The van der Waals surface area contributed by atoms with Crippen molar-refractivity contribution in [1.29, 1.82) is 0 Å². The van der Waals surface area contributed by atoms with Crippen molar-refractivity contribution in [3.05, 3.63) is 63.9 Å². The lowest BCUT2D eigenvalue weighted by Gasteiger charge is -2.36. The Hall–Kier alpha value is -1.83. The van der Waals surface area contributed by atoms with E-state index in [4.69, 9.17) is 21.1 Å². The molecule has 0 saturated carbocycles. The Morgan fingerprint density at radius 3 is 2.70 bits per heavy atom. The second-order valence-corrected chi connectivity index (χ2v) is 8.40. The van der Waals surface area contributed by atoms with Gasteiger partial charge in [-0.3, -0.25) is 14.7 Å². The molecule has 2 atom stereocenters. The SMILES string of the molecule is COC(c1ccc(C(C)(O)C2CCOCC2)cc1C=O)N(C)Cc1ccc(Cl)cn1. The van der Waals surface area contributed by atoms with Gasteiger partial charge in [-0.15, -0.1) is 0 Å². The van der Waals surface area contributed by atoms with Gasteiger partial charge in [-0.25, -0.2) is 0 Å². The molecule has 0 bridgehead atoms. The number of aliphatic hydroxyl groups is 1. The first kappa shape index (κ1) is 22.8. The molecular formula is C23H29ClN2O4. The third-order valence-corrected chi connectivity index (χ3v) is 6.13. The van der Waals surface area contributed by atoms with E-state index >= 15 is 0 Å². The number of ether oxygens (including phenoxy) is 2. The molecular weight excluding hydrogens is 404 g/mol. The van der Waals surface area contributed by atoms with Gasteiger partial charge in [0, 0.05) is 44.2 Å². The molecule has 3 rings (SSSR count). The molecule has 1 aromatic carbocycles. The highest BCUT2D eigenvalue weighted by molar-refractivity contribution is 6.30. The standard InChI is InChI=1S/C23H29ClN2O4/c1-23(28,17-8-10-30-11-9-17)18-4-7-21(16(12-18)15-27)22(29-3)26(2)14-20-6-5-19(24)13-25-20/h4-7,12-13,15,17,22,28H,8-11,14H2,1-3H3. The van der Waals surface area contributed by atoms with Gasteiger partial charge in [-0.05, 0) is 56.5 Å². The smallest absolute Gasteiger partial charge is 0.150 e. The normalized spacial score (nSPS) is 18.2. The Labute approximate surface area is 182 Å². The van der Waals surface area contributed by atoms with Crippen molar-refractivity contribution in [1.82, 2.24) is 9.88 Å². The summed E-state index contributed by atoms with van der Waals surface area (Å²) in [6.45, 7) is 3.64. The summed E-state index contributed by atoms with van der Waals surface area (Å²) in [5.74, 6) is 0.0912. The maximum absolute atomic E-state index is 11.9. The lowest BCUT2D eigenvalue weighted by molar-refractivity contribution is -0.0581. The van der Waals surface area contributed by atoms with E-state index in [1.807, 2.05) is 37.1 Å². The number of aromatic nitrogens is 1. The Kier molecular flexibility index (Phi) is 7.60. The van der Waals surface area contributed by atoms with Crippen LogP contribution in [0.15, 0.2) is 36.5 Å². The monoisotopic (exact) mass is 432 g/mol. The molecule has 0 amide bonds. The highest BCUT2D eigenvalue weighted by Gasteiger charge is 2.35. The van der Waals surface area contributed by atoms with Crippen molar-refractivity contribution in [2.45, 2.75) is 38.1 Å². The molecule has 1 fully saturated rings. The summed E-state index contributed by atoms with van der Waals surface area (Å²) in [5, 5.41) is 11.8. The van der Waals surface area contributed by atoms with Gasteiger partial charge in [0.25, 0.3) is 0 Å². The molecule has 1 aliphatic rings. The van der Waals surface area contributed by atoms with E-state index < -0.39 is 11.8 Å². The summed E-state index contributed by atoms with van der Waals surface area (Å²) < 4.78 is 11.1. The quantitative estimate of drug-likeness (QED) is 0.503. The van der Waals surface area contributed by atoms with Crippen LogP contribution in [0.2, 0.25) is 5.02 Å². The van der Waals surface area contributed by atoms with Crippen LogP contribution >= 0.6 is 11.6 Å². The minimum absolute atomic E-state index is 0.0912. The van der Waals surface area contributed by atoms with E-state index in [0.717, 1.165) is 35.9 Å². The van der Waals surface area contributed by atoms with Crippen molar-refractivity contribution in [3.8, 4) is 0 Å². The van der Waals surface area contributed by atoms with E-state index in [1.54, 1.807) is 25.4 Å². The maximum atomic E-state index is 11.9. The molecule has 2 unspecified atom stereocenters. The van der Waals surface area contributed by atoms with Crippen LogP contribution in [-0.2, 0) is 21.6 Å². The van der Waals surface area contributed by atoms with Crippen molar-refractivity contribution < 1.29 is 19.4 Å². The first-order valence-corrected chi connectivity index (χ1v) is 10.5. The predicted octanol–water partition coefficient (Wildman–Crippen LogP) is 3.96. The van der Waals surface area contributed by atoms with Crippen molar-refractivity contribution in [2.24, 2.45) is 5.92 Å². The molecule has 30 heavy (non-hydrogen) atoms. The number of halogens is 1. The zero-order valence-corrected chi connectivity index (χ0v) is 18.4. The summed E-state index contributed by atoms with van der Waals surface area (Å²) in [6.07, 6.45) is 3.58. The number of hydrogen-bond acceptors (Lipinski definition) is 6.